The number of nitrogens with one attached hydrogen (secondary N) is 1. The van der Waals surface area contributed by atoms with Gasteiger partial charge < -0.3 is 15.3 Å². The lowest BCUT2D eigenvalue weighted by molar-refractivity contribution is -0.131. The molecule has 0 aliphatic carbocycles. The molecule has 0 bridgehead atoms. The van der Waals surface area contributed by atoms with Gasteiger partial charge in [-0.15, -0.1) is 0 Å². The molecule has 2 N–H and O–H groups in total. The molecule has 0 fully saturated rings. The maximum atomic E-state index is 12.1. The molecule has 0 saturated carbocycles. The van der Waals surface area contributed by atoms with E-state index in [2.05, 4.69) is 10.3 Å². The minimum Gasteiger partial charge on any atom is -0.504 e. The number of nitrogens with zero attached hydrogens (tertiary/aromatic N) is 2. The molecular formula is C16H25N3O3. The summed E-state index contributed by atoms with van der Waals surface area (Å²) in [6.45, 7) is 5.62. The lowest BCUT2D eigenvalue weighted by atomic mass is 10.2. The van der Waals surface area contributed by atoms with Crippen LogP contribution in [0.5, 0.6) is 5.75 Å². The Kier molecular flexibility index (Phi) is 7.96. The first kappa shape index (κ1) is 17.9. The monoisotopic (exact) mass is 307 g/mol. The average Bonchev–Trinajstić information content (AvgIpc) is 2.49. The minimum atomic E-state index is -0.251. The van der Waals surface area contributed by atoms with E-state index < -0.39 is 0 Å². The summed E-state index contributed by atoms with van der Waals surface area (Å²) in [5, 5.41) is 12.1. The highest BCUT2D eigenvalue weighted by atomic mass is 16.3. The number of aromatic nitrogens is 1. The van der Waals surface area contributed by atoms with Crippen LogP contribution < -0.4 is 5.32 Å². The quantitative estimate of drug-likeness (QED) is 0.734. The Morgan fingerprint density at radius 1 is 1.23 bits per heavy atom. The fourth-order valence-corrected chi connectivity index (χ4v) is 2.15. The van der Waals surface area contributed by atoms with Gasteiger partial charge in [-0.05, 0) is 31.4 Å². The molecule has 1 aromatic heterocycles. The van der Waals surface area contributed by atoms with Gasteiger partial charge in [0.2, 0.25) is 11.8 Å². The molecule has 0 radical (unpaired) electrons. The number of aromatic hydroxyl groups is 1. The Bertz CT molecular complexity index is 485. The van der Waals surface area contributed by atoms with E-state index in [1.807, 2.05) is 18.7 Å². The van der Waals surface area contributed by atoms with Crippen LogP contribution >= 0.6 is 0 Å². The molecule has 2 amide bonds. The molecular weight excluding hydrogens is 282 g/mol. The molecule has 22 heavy (non-hydrogen) atoms. The van der Waals surface area contributed by atoms with Crippen LogP contribution in [0.25, 0.3) is 0 Å². The number of rotatable bonds is 9. The van der Waals surface area contributed by atoms with Gasteiger partial charge >= 0.3 is 0 Å². The fraction of sp³-hybridized carbons (Fsp3) is 0.562. The largest absolute Gasteiger partial charge is 0.504 e. The molecule has 122 valence electrons. The molecule has 0 aliphatic rings. The first-order valence-electron chi connectivity index (χ1n) is 7.80. The number of pyridine rings is 1. The zero-order valence-corrected chi connectivity index (χ0v) is 13.3. The van der Waals surface area contributed by atoms with Gasteiger partial charge in [-0.1, -0.05) is 13.8 Å². The Balaban J connectivity index is 2.35. The molecule has 0 unspecified atom stereocenters. The van der Waals surface area contributed by atoms with Crippen LogP contribution in [0.3, 0.4) is 0 Å². The summed E-state index contributed by atoms with van der Waals surface area (Å²) in [7, 11) is 0. The summed E-state index contributed by atoms with van der Waals surface area (Å²) in [4.78, 5) is 29.6. The Morgan fingerprint density at radius 3 is 2.50 bits per heavy atom. The predicted octanol–water partition coefficient (Wildman–Crippen LogP) is 2.54. The van der Waals surface area contributed by atoms with Gasteiger partial charge in [-0.2, -0.15) is 0 Å². The number of carbonyl (C=O) groups is 2. The Morgan fingerprint density at radius 2 is 1.91 bits per heavy atom. The molecule has 0 aliphatic heterocycles. The van der Waals surface area contributed by atoms with Crippen LogP contribution in [0.15, 0.2) is 18.3 Å². The van der Waals surface area contributed by atoms with Gasteiger partial charge in [0.1, 0.15) is 0 Å². The second kappa shape index (κ2) is 9.76. The van der Waals surface area contributed by atoms with E-state index in [9.17, 15) is 14.7 Å². The highest BCUT2D eigenvalue weighted by molar-refractivity contribution is 5.91. The second-order valence-electron chi connectivity index (χ2n) is 5.15. The van der Waals surface area contributed by atoms with Crippen LogP contribution in [0, 0.1) is 0 Å². The molecule has 0 atom stereocenters. The van der Waals surface area contributed by atoms with Crippen LogP contribution in [-0.2, 0) is 9.59 Å². The lowest BCUT2D eigenvalue weighted by Gasteiger charge is -2.21. The molecule has 0 aromatic carbocycles. The zero-order chi connectivity index (χ0) is 16.4. The molecule has 1 heterocycles. The fourth-order valence-electron chi connectivity index (χ4n) is 2.15. The third-order valence-corrected chi connectivity index (χ3v) is 3.18. The van der Waals surface area contributed by atoms with E-state index in [1.54, 1.807) is 6.07 Å². The van der Waals surface area contributed by atoms with Crippen molar-refractivity contribution in [3.63, 3.8) is 0 Å². The maximum Gasteiger partial charge on any atom is 0.225 e. The summed E-state index contributed by atoms with van der Waals surface area (Å²) in [6.07, 6.45) is 4.44. The highest BCUT2D eigenvalue weighted by Crippen LogP contribution is 2.18. The van der Waals surface area contributed by atoms with Gasteiger partial charge in [0.25, 0.3) is 0 Å². The van der Waals surface area contributed by atoms with Crippen molar-refractivity contribution in [2.75, 3.05) is 18.4 Å². The van der Waals surface area contributed by atoms with Gasteiger partial charge in [0, 0.05) is 32.1 Å². The summed E-state index contributed by atoms with van der Waals surface area (Å²) < 4.78 is 0. The average molecular weight is 307 g/mol. The van der Waals surface area contributed by atoms with E-state index in [4.69, 9.17) is 0 Å². The molecule has 6 nitrogen and oxygen atoms in total. The Hall–Kier alpha value is -2.11. The number of hydrogen-bond donors (Lipinski definition) is 2. The number of hydrogen-bond acceptors (Lipinski definition) is 4. The second-order valence-corrected chi connectivity index (χ2v) is 5.15. The zero-order valence-electron chi connectivity index (χ0n) is 13.3. The maximum absolute atomic E-state index is 12.1. The molecule has 1 aromatic rings. The van der Waals surface area contributed by atoms with Crippen LogP contribution in [0.1, 0.15) is 46.0 Å². The molecule has 0 spiro atoms. The van der Waals surface area contributed by atoms with Gasteiger partial charge in [0.05, 0.1) is 0 Å². The van der Waals surface area contributed by atoms with E-state index in [0.717, 1.165) is 25.9 Å². The lowest BCUT2D eigenvalue weighted by Crippen LogP contribution is -2.32. The third-order valence-electron chi connectivity index (χ3n) is 3.18. The summed E-state index contributed by atoms with van der Waals surface area (Å²) >= 11 is 0. The van der Waals surface area contributed by atoms with Crippen molar-refractivity contribution >= 4 is 17.6 Å². The van der Waals surface area contributed by atoms with Crippen molar-refractivity contribution in [3.05, 3.63) is 18.3 Å². The molecule has 0 saturated heterocycles. The van der Waals surface area contributed by atoms with E-state index >= 15 is 0 Å². The SMILES string of the molecule is CCCN(CCC)C(=O)CCCC(=O)Nc1ncccc1O. The summed E-state index contributed by atoms with van der Waals surface area (Å²) in [5.74, 6) is -0.0714. The highest BCUT2D eigenvalue weighted by Gasteiger charge is 2.13. The third kappa shape index (κ3) is 6.11. The van der Waals surface area contributed by atoms with Gasteiger partial charge in [0.15, 0.2) is 11.6 Å². The standard InChI is InChI=1S/C16H25N3O3/c1-3-11-19(12-4-2)15(22)9-5-8-14(21)18-16-13(20)7-6-10-17-16/h6-7,10,20H,3-5,8-9,11-12H2,1-2H3,(H,17,18,21). The van der Waals surface area contributed by atoms with Crippen molar-refractivity contribution in [2.45, 2.75) is 46.0 Å². The van der Waals surface area contributed by atoms with Crippen LogP contribution in [0.4, 0.5) is 5.82 Å². The van der Waals surface area contributed by atoms with Crippen LogP contribution in [0.2, 0.25) is 0 Å². The van der Waals surface area contributed by atoms with Crippen LogP contribution in [-0.4, -0.2) is 39.9 Å². The van der Waals surface area contributed by atoms with Crippen molar-refractivity contribution < 1.29 is 14.7 Å². The van der Waals surface area contributed by atoms with Crippen molar-refractivity contribution in [1.82, 2.24) is 9.88 Å². The first-order chi connectivity index (χ1) is 10.6. The minimum absolute atomic E-state index is 0.0657. The van der Waals surface area contributed by atoms with Crippen molar-refractivity contribution in [1.29, 1.82) is 0 Å². The molecule has 6 heteroatoms. The van der Waals surface area contributed by atoms with Crippen molar-refractivity contribution in [2.24, 2.45) is 0 Å². The number of anilines is 1. The van der Waals surface area contributed by atoms with E-state index in [1.165, 1.54) is 12.3 Å². The Labute approximate surface area is 131 Å². The van der Waals surface area contributed by atoms with Gasteiger partial charge in [-0.25, -0.2) is 4.98 Å². The number of carbonyl (C=O) groups excluding carboxylic acids is 2. The normalized spacial score (nSPS) is 10.3. The smallest absolute Gasteiger partial charge is 0.225 e. The van der Waals surface area contributed by atoms with E-state index in [0.29, 0.717) is 12.8 Å². The van der Waals surface area contributed by atoms with Gasteiger partial charge in [-0.3, -0.25) is 9.59 Å². The summed E-state index contributed by atoms with van der Waals surface area (Å²) in [6, 6.07) is 3.04. The predicted molar refractivity (Wildman–Crippen MR) is 85.5 cm³/mol. The van der Waals surface area contributed by atoms with Crippen molar-refractivity contribution in [3.8, 4) is 5.75 Å². The number of amides is 2. The molecule has 1 rings (SSSR count). The summed E-state index contributed by atoms with van der Waals surface area (Å²) in [5.41, 5.74) is 0. The topological polar surface area (TPSA) is 82.5 Å². The van der Waals surface area contributed by atoms with E-state index in [-0.39, 0.29) is 29.8 Å². The first-order valence-corrected chi connectivity index (χ1v) is 7.80.